The molecule has 5 amide bonds. The van der Waals surface area contributed by atoms with Crippen LogP contribution in [0.1, 0.15) is 99.2 Å². The Kier molecular flexibility index (Phi) is 21.0. The molecule has 3 heterocycles. The van der Waals surface area contributed by atoms with E-state index in [2.05, 4.69) is 31.2 Å². The molecule has 3 aromatic carbocycles. The van der Waals surface area contributed by atoms with E-state index in [1.807, 2.05) is 42.5 Å². The summed E-state index contributed by atoms with van der Waals surface area (Å²) in [4.78, 5) is 80.2. The minimum atomic E-state index is -3.85. The predicted molar refractivity (Wildman–Crippen MR) is 313 cm³/mol. The van der Waals surface area contributed by atoms with E-state index < -0.39 is 73.6 Å². The highest BCUT2D eigenvalue weighted by Crippen LogP contribution is 2.38. The second kappa shape index (κ2) is 27.3. The smallest absolute Gasteiger partial charge is 0.410 e. The van der Waals surface area contributed by atoms with Gasteiger partial charge in [-0.3, -0.25) is 29.1 Å². The minimum Gasteiger partial charge on any atom is -0.490 e. The number of nitrogens with one attached hydrogen (secondary N) is 4. The maximum Gasteiger partial charge on any atom is 0.410 e. The molecule has 1 fully saturated rings. The van der Waals surface area contributed by atoms with E-state index in [1.54, 1.807) is 104 Å². The summed E-state index contributed by atoms with van der Waals surface area (Å²) >= 11 is 1.55. The van der Waals surface area contributed by atoms with E-state index in [4.69, 9.17) is 28.4 Å². The van der Waals surface area contributed by atoms with Crippen LogP contribution >= 0.6 is 11.3 Å². The Labute approximate surface area is 484 Å². The number of pyridine rings is 1. The lowest BCUT2D eigenvalue weighted by molar-refractivity contribution is -0.144. The molecule has 7 rings (SSSR count). The van der Waals surface area contributed by atoms with Crippen molar-refractivity contribution in [1.82, 2.24) is 35.7 Å². The molecule has 5 aromatic rings. The third-order valence-corrected chi connectivity index (χ3v) is 17.4. The number of anilines is 2. The lowest BCUT2D eigenvalue weighted by Gasteiger charge is -2.37. The van der Waals surface area contributed by atoms with Gasteiger partial charge in [-0.25, -0.2) is 18.2 Å². The zero-order valence-electron chi connectivity index (χ0n) is 48.9. The molecule has 5 atom stereocenters. The molecule has 4 N–H and O–H groups in total. The Balaban J connectivity index is 0.830. The molecule has 0 saturated carbocycles. The van der Waals surface area contributed by atoms with Crippen LogP contribution in [0, 0.1) is 5.41 Å². The van der Waals surface area contributed by atoms with Crippen LogP contribution in [0.25, 0.3) is 21.1 Å². The van der Waals surface area contributed by atoms with Crippen LogP contribution < -0.4 is 26.0 Å². The van der Waals surface area contributed by atoms with Gasteiger partial charge >= 0.3 is 6.09 Å². The summed E-state index contributed by atoms with van der Waals surface area (Å²) in [5.74, 6) is -1.71. The molecular formula is C59H80N8O13S2. The van der Waals surface area contributed by atoms with Gasteiger partial charge in [0.05, 0.1) is 78.3 Å². The molecule has 23 heteroatoms. The normalized spacial score (nSPS) is 17.3. The van der Waals surface area contributed by atoms with Crippen LogP contribution in [-0.2, 0) is 59.1 Å². The number of rotatable bonds is 25. The molecule has 2 aromatic heterocycles. The second-order valence-electron chi connectivity index (χ2n) is 23.6. The van der Waals surface area contributed by atoms with Gasteiger partial charge in [0.2, 0.25) is 23.6 Å². The number of thiazole rings is 1. The van der Waals surface area contributed by atoms with E-state index in [0.717, 1.165) is 33.5 Å². The number of aromatic nitrogens is 2. The number of benzene rings is 3. The standard InChI is InChI=1S/C59H80N8O13S2/c1-37(66(11)56(72)80-58(5,6)7)53(69)65-52(57(2,3)4)55(71)67-34-40(31-47(67)54(70)64-43-18-16-38-14-12-13-15-41(38)43)63-51(68)35-78-27-26-76-23-22-75-24-25-77-28-29-79-48-33-45-42(32-50(48)82(73,74)59(8,9)10)44(20-21-60-45)62-39-17-19-49-46(30-39)61-36-81-49/h12-15,17,19-21,30,32-33,36-37,40,43,47,52H,16,18,22-29,31,34-35H2,1-11H3,(H,60,62)(H,63,68)(H,64,70)(H,65,69)/t37-,40-,43+,47-,52+/m0/s1. The number of ether oxygens (including phenoxy) is 6. The molecule has 446 valence electrons. The van der Waals surface area contributed by atoms with Crippen LogP contribution in [0.4, 0.5) is 16.2 Å². The van der Waals surface area contributed by atoms with Crippen molar-refractivity contribution in [2.24, 2.45) is 5.41 Å². The van der Waals surface area contributed by atoms with E-state index in [1.165, 1.54) is 23.8 Å². The molecular weight excluding hydrogens is 1090 g/mol. The van der Waals surface area contributed by atoms with E-state index in [9.17, 15) is 32.4 Å². The van der Waals surface area contributed by atoms with Crippen molar-refractivity contribution in [3.8, 4) is 5.75 Å². The number of aryl methyl sites for hydroxylation is 1. The highest BCUT2D eigenvalue weighted by molar-refractivity contribution is 7.92. The van der Waals surface area contributed by atoms with Gasteiger partial charge in [0, 0.05) is 48.7 Å². The Bertz CT molecular complexity index is 3170. The first-order chi connectivity index (χ1) is 38.7. The molecule has 1 saturated heterocycles. The molecule has 1 aliphatic heterocycles. The number of hydrogen-bond acceptors (Lipinski definition) is 17. The van der Waals surface area contributed by atoms with Crippen molar-refractivity contribution in [3.63, 3.8) is 0 Å². The number of likely N-dealkylation sites (N-methyl/N-ethyl adjacent to an activating group) is 1. The number of carbonyl (C=O) groups excluding carboxylic acids is 5. The Morgan fingerprint density at radius 1 is 0.805 bits per heavy atom. The first-order valence-corrected chi connectivity index (χ1v) is 30.0. The third kappa shape index (κ3) is 16.4. The molecule has 0 radical (unpaired) electrons. The number of hydrogen-bond donors (Lipinski definition) is 4. The first kappa shape index (κ1) is 63.1. The quantitative estimate of drug-likeness (QED) is 0.0419. The van der Waals surface area contributed by atoms with E-state index >= 15 is 0 Å². The summed E-state index contributed by atoms with van der Waals surface area (Å²) in [6.45, 7) is 18.4. The minimum absolute atomic E-state index is 0.00286. The average molecular weight is 1170 g/mol. The molecule has 82 heavy (non-hydrogen) atoms. The number of amides is 5. The first-order valence-electron chi connectivity index (χ1n) is 27.7. The highest BCUT2D eigenvalue weighted by atomic mass is 32.2. The van der Waals surface area contributed by atoms with Crippen molar-refractivity contribution in [2.75, 3.05) is 78.4 Å². The van der Waals surface area contributed by atoms with Crippen LogP contribution in [0.3, 0.4) is 0 Å². The van der Waals surface area contributed by atoms with Gasteiger partial charge in [-0.15, -0.1) is 11.3 Å². The van der Waals surface area contributed by atoms with Crippen LogP contribution in [0.15, 0.2) is 77.3 Å². The van der Waals surface area contributed by atoms with E-state index in [0.29, 0.717) is 23.0 Å². The lowest BCUT2D eigenvalue weighted by atomic mass is 9.85. The maximum absolute atomic E-state index is 14.7. The monoisotopic (exact) mass is 1170 g/mol. The summed E-state index contributed by atoms with van der Waals surface area (Å²) in [7, 11) is -2.40. The molecule has 0 bridgehead atoms. The number of sulfone groups is 1. The largest absolute Gasteiger partial charge is 0.490 e. The lowest BCUT2D eigenvalue weighted by Crippen LogP contribution is -2.60. The summed E-state index contributed by atoms with van der Waals surface area (Å²) in [6, 6.07) is 14.9. The zero-order valence-corrected chi connectivity index (χ0v) is 50.6. The van der Waals surface area contributed by atoms with Gasteiger partial charge in [0.25, 0.3) is 0 Å². The zero-order chi connectivity index (χ0) is 59.6. The highest BCUT2D eigenvalue weighted by Gasteiger charge is 2.46. The van der Waals surface area contributed by atoms with Gasteiger partial charge in [-0.05, 0) is 115 Å². The fourth-order valence-corrected chi connectivity index (χ4v) is 11.4. The fourth-order valence-electron chi connectivity index (χ4n) is 9.46. The SMILES string of the molecule is C[C@@H](C(=O)N[C@H](C(=O)N1C[C@@H](NC(=O)COCCOCCOCCOCCOc2cc3nccc(Nc4ccc5scnc5c4)c3cc2S(=O)(=O)C(C)(C)C)C[C@H]1C(=O)N[C@@H]1CCc2ccccc21)C(C)(C)C)N(C)C(=O)OC(C)(C)C. The molecule has 2 aliphatic rings. The van der Waals surface area contributed by atoms with Gasteiger partial charge in [-0.1, -0.05) is 45.0 Å². The Morgan fingerprint density at radius 3 is 2.15 bits per heavy atom. The summed E-state index contributed by atoms with van der Waals surface area (Å²) < 4.78 is 61.9. The molecule has 21 nitrogen and oxygen atoms in total. The van der Waals surface area contributed by atoms with Gasteiger partial charge < -0.3 is 54.6 Å². The Morgan fingerprint density at radius 2 is 1.48 bits per heavy atom. The molecule has 0 spiro atoms. The van der Waals surface area contributed by atoms with Crippen LogP contribution in [0.2, 0.25) is 0 Å². The van der Waals surface area contributed by atoms with Gasteiger partial charge in [0.15, 0.2) is 9.84 Å². The molecule has 0 unspecified atom stereocenters. The van der Waals surface area contributed by atoms with Crippen molar-refractivity contribution in [1.29, 1.82) is 0 Å². The van der Waals surface area contributed by atoms with E-state index in [-0.39, 0.29) is 95.0 Å². The Hall–Kier alpha value is -6.50. The number of nitrogens with zero attached hydrogens (tertiary/aromatic N) is 4. The average Bonchev–Trinajstić information content (AvgIpc) is 4.19. The van der Waals surface area contributed by atoms with Crippen molar-refractivity contribution >= 4 is 83.4 Å². The number of fused-ring (bicyclic) bond motifs is 3. The van der Waals surface area contributed by atoms with Crippen molar-refractivity contribution in [3.05, 3.63) is 83.5 Å². The fraction of sp³-hybridized carbons (Fsp3) is 0.542. The summed E-state index contributed by atoms with van der Waals surface area (Å²) in [6.07, 6.45) is 2.59. The predicted octanol–water partition coefficient (Wildman–Crippen LogP) is 7.28. The van der Waals surface area contributed by atoms with Crippen LogP contribution in [-0.4, -0.2) is 165 Å². The maximum atomic E-state index is 14.7. The van der Waals surface area contributed by atoms with Gasteiger partial charge in [0.1, 0.15) is 47.6 Å². The van der Waals surface area contributed by atoms with Crippen molar-refractivity contribution in [2.45, 2.75) is 134 Å². The summed E-state index contributed by atoms with van der Waals surface area (Å²) in [5.41, 5.74) is 5.25. The summed E-state index contributed by atoms with van der Waals surface area (Å²) in [5, 5.41) is 13.0. The van der Waals surface area contributed by atoms with Gasteiger partial charge in [-0.2, -0.15) is 0 Å². The second-order valence-corrected chi connectivity index (χ2v) is 27.1. The molecule has 1 aliphatic carbocycles. The van der Waals surface area contributed by atoms with Crippen LogP contribution in [0.5, 0.6) is 5.75 Å². The number of carbonyl (C=O) groups is 5. The third-order valence-electron chi connectivity index (χ3n) is 14.1. The van der Waals surface area contributed by atoms with Crippen molar-refractivity contribution < 1.29 is 60.8 Å². The number of likely N-dealkylation sites (tertiary alicyclic amines) is 1. The topological polar surface area (TPSA) is 255 Å².